The Kier molecular flexibility index (Phi) is 3.83. The Labute approximate surface area is 111 Å². The van der Waals surface area contributed by atoms with E-state index >= 15 is 0 Å². The molecule has 0 bridgehead atoms. The average molecular weight is 264 g/mol. The number of likely N-dealkylation sites (tertiary alicyclic amines) is 1. The number of nitrogens with two attached hydrogens (primary N) is 1. The first-order chi connectivity index (χ1) is 8.99. The number of halogens is 1. The van der Waals surface area contributed by atoms with Crippen LogP contribution in [-0.4, -0.2) is 29.8 Å². The third-order valence-corrected chi connectivity index (χ3v) is 3.54. The van der Waals surface area contributed by atoms with Crippen molar-refractivity contribution in [3.8, 4) is 0 Å². The van der Waals surface area contributed by atoms with E-state index in [0.717, 1.165) is 5.56 Å². The Morgan fingerprint density at radius 1 is 1.32 bits per heavy atom. The van der Waals surface area contributed by atoms with Gasteiger partial charge < -0.3 is 10.6 Å². The molecule has 0 radical (unpaired) electrons. The lowest BCUT2D eigenvalue weighted by atomic mass is 9.95. The molecule has 0 atom stereocenters. The molecule has 5 heteroatoms. The maximum atomic E-state index is 13.7. The van der Waals surface area contributed by atoms with E-state index < -0.39 is 5.82 Å². The summed E-state index contributed by atoms with van der Waals surface area (Å²) in [5, 5.41) is 0. The minimum absolute atomic E-state index is 0.0949. The normalized spacial score (nSPS) is 16.4. The van der Waals surface area contributed by atoms with E-state index in [1.807, 2.05) is 6.92 Å². The first-order valence-corrected chi connectivity index (χ1v) is 6.34. The van der Waals surface area contributed by atoms with Gasteiger partial charge in [0.15, 0.2) is 0 Å². The summed E-state index contributed by atoms with van der Waals surface area (Å²) in [6, 6.07) is 4.49. The van der Waals surface area contributed by atoms with Crippen molar-refractivity contribution < 1.29 is 14.0 Å². The van der Waals surface area contributed by atoms with Gasteiger partial charge in [0.2, 0.25) is 5.91 Å². The average Bonchev–Trinajstić information content (AvgIpc) is 2.41. The predicted molar refractivity (Wildman–Crippen MR) is 69.0 cm³/mol. The number of primary amides is 1. The first kappa shape index (κ1) is 13.5. The number of nitrogens with zero attached hydrogens (tertiary/aromatic N) is 1. The van der Waals surface area contributed by atoms with Crippen LogP contribution in [0.5, 0.6) is 0 Å². The highest BCUT2D eigenvalue weighted by atomic mass is 19.1. The second kappa shape index (κ2) is 5.38. The maximum Gasteiger partial charge on any atom is 0.256 e. The van der Waals surface area contributed by atoms with E-state index in [1.165, 1.54) is 6.07 Å². The van der Waals surface area contributed by atoms with E-state index in [1.54, 1.807) is 17.0 Å². The summed E-state index contributed by atoms with van der Waals surface area (Å²) in [4.78, 5) is 24.9. The van der Waals surface area contributed by atoms with Crippen molar-refractivity contribution in [2.45, 2.75) is 19.8 Å². The number of amides is 2. The summed E-state index contributed by atoms with van der Waals surface area (Å²) in [5.74, 6) is -1.32. The summed E-state index contributed by atoms with van der Waals surface area (Å²) in [6.45, 7) is 2.70. The van der Waals surface area contributed by atoms with Crippen LogP contribution < -0.4 is 5.73 Å². The molecule has 1 aromatic carbocycles. The zero-order chi connectivity index (χ0) is 14.0. The highest BCUT2D eigenvalue weighted by Crippen LogP contribution is 2.20. The first-order valence-electron chi connectivity index (χ1n) is 6.34. The molecule has 1 aliphatic rings. The third-order valence-electron chi connectivity index (χ3n) is 3.54. The largest absolute Gasteiger partial charge is 0.369 e. The van der Waals surface area contributed by atoms with E-state index in [9.17, 15) is 14.0 Å². The highest BCUT2D eigenvalue weighted by molar-refractivity contribution is 5.94. The van der Waals surface area contributed by atoms with Gasteiger partial charge >= 0.3 is 0 Å². The van der Waals surface area contributed by atoms with Crippen LogP contribution in [0.4, 0.5) is 4.39 Å². The topological polar surface area (TPSA) is 63.4 Å². The van der Waals surface area contributed by atoms with Crippen molar-refractivity contribution in [3.05, 3.63) is 35.1 Å². The monoisotopic (exact) mass is 264 g/mol. The fraction of sp³-hybridized carbons (Fsp3) is 0.429. The zero-order valence-corrected chi connectivity index (χ0v) is 10.9. The molecule has 0 aliphatic carbocycles. The lowest BCUT2D eigenvalue weighted by Gasteiger charge is -2.30. The van der Waals surface area contributed by atoms with Gasteiger partial charge in [-0.1, -0.05) is 11.6 Å². The summed E-state index contributed by atoms with van der Waals surface area (Å²) in [6.07, 6.45) is 1.10. The van der Waals surface area contributed by atoms with Crippen LogP contribution in [0.3, 0.4) is 0 Å². The zero-order valence-electron chi connectivity index (χ0n) is 10.9. The Bertz CT molecular complexity index is 508. The lowest BCUT2D eigenvalue weighted by molar-refractivity contribution is -0.123. The Balaban J connectivity index is 2.09. The quantitative estimate of drug-likeness (QED) is 0.879. The summed E-state index contributed by atoms with van der Waals surface area (Å²) < 4.78 is 13.7. The lowest BCUT2D eigenvalue weighted by Crippen LogP contribution is -2.42. The van der Waals surface area contributed by atoms with E-state index in [0.29, 0.717) is 25.9 Å². The van der Waals surface area contributed by atoms with Crippen LogP contribution in [0, 0.1) is 18.7 Å². The molecule has 2 N–H and O–H groups in total. The second-order valence-electron chi connectivity index (χ2n) is 4.95. The minimum Gasteiger partial charge on any atom is -0.369 e. The molecule has 1 aliphatic heterocycles. The van der Waals surface area contributed by atoms with Gasteiger partial charge in [-0.2, -0.15) is 0 Å². The van der Waals surface area contributed by atoms with Crippen LogP contribution >= 0.6 is 0 Å². The van der Waals surface area contributed by atoms with Gasteiger partial charge in [0, 0.05) is 19.0 Å². The number of piperidine rings is 1. The molecule has 0 spiro atoms. The van der Waals surface area contributed by atoms with Gasteiger partial charge in [-0.05, 0) is 31.9 Å². The number of aryl methyl sites for hydroxylation is 1. The smallest absolute Gasteiger partial charge is 0.256 e. The third kappa shape index (κ3) is 2.92. The molecule has 102 valence electrons. The molecule has 1 saturated heterocycles. The van der Waals surface area contributed by atoms with Crippen molar-refractivity contribution >= 4 is 11.8 Å². The number of carbonyl (C=O) groups is 2. The van der Waals surface area contributed by atoms with Crippen LogP contribution in [0.15, 0.2) is 18.2 Å². The Hall–Kier alpha value is -1.91. The van der Waals surface area contributed by atoms with Crippen molar-refractivity contribution in [1.29, 1.82) is 0 Å². The highest BCUT2D eigenvalue weighted by Gasteiger charge is 2.27. The summed E-state index contributed by atoms with van der Waals surface area (Å²) in [5.41, 5.74) is 6.18. The standard InChI is InChI=1S/C14H17FN2O2/c1-9-2-3-12(15)11(8-9)14(19)17-6-4-10(5-7-17)13(16)18/h2-3,8,10H,4-7H2,1H3,(H2,16,18). The fourth-order valence-corrected chi connectivity index (χ4v) is 2.34. The van der Waals surface area contributed by atoms with Crippen LogP contribution in [0.1, 0.15) is 28.8 Å². The fourth-order valence-electron chi connectivity index (χ4n) is 2.34. The maximum absolute atomic E-state index is 13.7. The number of benzene rings is 1. The van der Waals surface area contributed by atoms with Gasteiger partial charge in [-0.15, -0.1) is 0 Å². The van der Waals surface area contributed by atoms with Gasteiger partial charge in [-0.3, -0.25) is 9.59 Å². The van der Waals surface area contributed by atoms with Crippen LogP contribution in [0.2, 0.25) is 0 Å². The Morgan fingerprint density at radius 2 is 1.95 bits per heavy atom. The van der Waals surface area contributed by atoms with Gasteiger partial charge in [0.1, 0.15) is 5.82 Å². The molecule has 1 fully saturated rings. The van der Waals surface area contributed by atoms with Crippen molar-refractivity contribution in [2.75, 3.05) is 13.1 Å². The molecule has 0 saturated carbocycles. The number of rotatable bonds is 2. The van der Waals surface area contributed by atoms with Gasteiger partial charge in [0.25, 0.3) is 5.91 Å². The van der Waals surface area contributed by atoms with Crippen molar-refractivity contribution in [3.63, 3.8) is 0 Å². The minimum atomic E-state index is -0.507. The number of hydrogen-bond acceptors (Lipinski definition) is 2. The number of carbonyl (C=O) groups excluding carboxylic acids is 2. The molecule has 2 amide bonds. The van der Waals surface area contributed by atoms with E-state index in [-0.39, 0.29) is 23.3 Å². The van der Waals surface area contributed by atoms with Crippen LogP contribution in [-0.2, 0) is 4.79 Å². The molecule has 19 heavy (non-hydrogen) atoms. The SMILES string of the molecule is Cc1ccc(F)c(C(=O)N2CCC(C(N)=O)CC2)c1. The summed E-state index contributed by atoms with van der Waals surface area (Å²) in [7, 11) is 0. The second-order valence-corrected chi connectivity index (χ2v) is 4.95. The molecule has 0 aromatic heterocycles. The molecular formula is C14H17FN2O2. The molecule has 0 unspecified atom stereocenters. The van der Waals surface area contributed by atoms with Crippen LogP contribution in [0.25, 0.3) is 0 Å². The van der Waals surface area contributed by atoms with Crippen molar-refractivity contribution in [1.82, 2.24) is 4.90 Å². The molecule has 1 heterocycles. The summed E-state index contributed by atoms with van der Waals surface area (Å²) >= 11 is 0. The van der Waals surface area contributed by atoms with Gasteiger partial charge in [-0.25, -0.2) is 4.39 Å². The molecule has 4 nitrogen and oxygen atoms in total. The molecule has 2 rings (SSSR count). The molecule has 1 aromatic rings. The number of hydrogen-bond donors (Lipinski definition) is 1. The van der Waals surface area contributed by atoms with Crippen molar-refractivity contribution in [2.24, 2.45) is 11.7 Å². The van der Waals surface area contributed by atoms with E-state index in [4.69, 9.17) is 5.73 Å². The molecular weight excluding hydrogens is 247 g/mol. The van der Waals surface area contributed by atoms with E-state index in [2.05, 4.69) is 0 Å². The Morgan fingerprint density at radius 3 is 2.53 bits per heavy atom. The predicted octanol–water partition coefficient (Wildman–Crippen LogP) is 1.47. The van der Waals surface area contributed by atoms with Gasteiger partial charge in [0.05, 0.1) is 5.56 Å².